The van der Waals surface area contributed by atoms with Crippen molar-refractivity contribution in [1.29, 1.82) is 0 Å². The molecule has 1 aromatic carbocycles. The number of rotatable bonds is 8. The summed E-state index contributed by atoms with van der Waals surface area (Å²) in [5.41, 5.74) is 0.237. The number of nitrogens with zero attached hydrogens (tertiary/aromatic N) is 4. The van der Waals surface area contributed by atoms with Crippen molar-refractivity contribution in [3.8, 4) is 0 Å². The number of aliphatic imine (C=N–C) groups is 1. The molecule has 3 aliphatic rings. The zero-order chi connectivity index (χ0) is 28.6. The lowest BCUT2D eigenvalue weighted by atomic mass is 9.93. The number of aliphatic carboxylic acids is 1. The Morgan fingerprint density at radius 1 is 1.35 bits per heavy atom. The standard InChI is InChI=1S/C27H31ClFN5O5S/c1-27(2,26(36)37)14-33-12-18-19(13-33)39-9-8-34(18)11-17-20(25(35)38-3)22(15-5-4-6-16(29)21(15)28)32-23(31-17)24-30-7-10-40-24/h4-7,10,18-19,22H,8-9,11-14H2,1-3H3,(H,31,32)(H,36,37)/t18-,19+,22?/m1/s1. The van der Waals surface area contributed by atoms with Gasteiger partial charge in [-0.1, -0.05) is 23.7 Å². The number of hydrogen-bond donors (Lipinski definition) is 2. The number of likely N-dealkylation sites (tertiary alicyclic amines) is 1. The minimum Gasteiger partial charge on any atom is -0.481 e. The van der Waals surface area contributed by atoms with Gasteiger partial charge in [0.05, 0.1) is 41.9 Å². The molecule has 2 aromatic rings. The van der Waals surface area contributed by atoms with E-state index in [1.54, 1.807) is 26.1 Å². The minimum atomic E-state index is -0.918. The van der Waals surface area contributed by atoms with Crippen LogP contribution in [0.5, 0.6) is 0 Å². The molecule has 10 nitrogen and oxygen atoms in total. The van der Waals surface area contributed by atoms with Crippen LogP contribution in [0.3, 0.4) is 0 Å². The molecule has 0 saturated carbocycles. The normalized spacial score (nSPS) is 23.9. The number of amidine groups is 1. The Morgan fingerprint density at radius 2 is 2.15 bits per heavy atom. The molecule has 2 fully saturated rings. The van der Waals surface area contributed by atoms with Crippen LogP contribution in [-0.4, -0.2) is 96.3 Å². The number of esters is 1. The Balaban J connectivity index is 1.50. The Labute approximate surface area is 240 Å². The number of carboxylic acid groups (broad SMARTS) is 1. The first-order valence-corrected chi connectivity index (χ1v) is 14.2. The van der Waals surface area contributed by atoms with Crippen molar-refractivity contribution in [2.75, 3.05) is 46.4 Å². The molecule has 2 saturated heterocycles. The van der Waals surface area contributed by atoms with E-state index in [0.29, 0.717) is 61.4 Å². The lowest BCUT2D eigenvalue weighted by molar-refractivity contribution is -0.148. The molecule has 1 unspecified atom stereocenters. The van der Waals surface area contributed by atoms with Gasteiger partial charge in [0.15, 0.2) is 10.8 Å². The molecule has 214 valence electrons. The van der Waals surface area contributed by atoms with E-state index in [0.717, 1.165) is 0 Å². The number of carboxylic acids is 1. The van der Waals surface area contributed by atoms with Crippen molar-refractivity contribution >= 4 is 40.7 Å². The number of carbonyl (C=O) groups is 2. The lowest BCUT2D eigenvalue weighted by Gasteiger charge is -2.38. The quantitative estimate of drug-likeness (QED) is 0.447. The van der Waals surface area contributed by atoms with E-state index in [9.17, 15) is 19.1 Å². The zero-order valence-corrected chi connectivity index (χ0v) is 24.0. The van der Waals surface area contributed by atoms with Crippen molar-refractivity contribution in [2.24, 2.45) is 10.4 Å². The molecule has 0 radical (unpaired) electrons. The second-order valence-electron chi connectivity index (χ2n) is 10.7. The number of thiazole rings is 1. The van der Waals surface area contributed by atoms with Crippen molar-refractivity contribution in [1.82, 2.24) is 20.1 Å². The third-order valence-corrected chi connectivity index (χ3v) is 8.67. The summed E-state index contributed by atoms with van der Waals surface area (Å²) in [6.07, 6.45) is 1.55. The largest absolute Gasteiger partial charge is 0.481 e. The highest BCUT2D eigenvalue weighted by atomic mass is 35.5. The topological polar surface area (TPSA) is 117 Å². The maximum atomic E-state index is 14.5. The number of methoxy groups -OCH3 is 1. The molecule has 0 amide bonds. The van der Waals surface area contributed by atoms with Gasteiger partial charge in [-0.2, -0.15) is 0 Å². The smallest absolute Gasteiger partial charge is 0.338 e. The van der Waals surface area contributed by atoms with Gasteiger partial charge in [-0.3, -0.25) is 19.6 Å². The summed E-state index contributed by atoms with van der Waals surface area (Å²) >= 11 is 7.77. The molecule has 0 spiro atoms. The second kappa shape index (κ2) is 11.5. The van der Waals surface area contributed by atoms with Gasteiger partial charge in [0.25, 0.3) is 0 Å². The van der Waals surface area contributed by atoms with Crippen LogP contribution < -0.4 is 5.32 Å². The molecular weight excluding hydrogens is 561 g/mol. The summed E-state index contributed by atoms with van der Waals surface area (Å²) in [6, 6.07) is 3.49. The number of nitrogens with one attached hydrogen (secondary N) is 1. The molecule has 13 heteroatoms. The Morgan fingerprint density at radius 3 is 2.85 bits per heavy atom. The fourth-order valence-electron chi connectivity index (χ4n) is 5.47. The van der Waals surface area contributed by atoms with Crippen LogP contribution in [0.1, 0.15) is 30.5 Å². The van der Waals surface area contributed by atoms with Crippen LogP contribution in [0.25, 0.3) is 0 Å². The summed E-state index contributed by atoms with van der Waals surface area (Å²) in [5, 5.41) is 15.2. The van der Waals surface area contributed by atoms with Crippen LogP contribution in [0.4, 0.5) is 4.39 Å². The predicted octanol–water partition coefficient (Wildman–Crippen LogP) is 2.95. The van der Waals surface area contributed by atoms with Crippen LogP contribution >= 0.6 is 22.9 Å². The third-order valence-electron chi connectivity index (χ3n) is 7.49. The monoisotopic (exact) mass is 591 g/mol. The zero-order valence-electron chi connectivity index (χ0n) is 22.4. The highest BCUT2D eigenvalue weighted by molar-refractivity contribution is 7.11. The van der Waals surface area contributed by atoms with Crippen LogP contribution in [-0.2, 0) is 19.1 Å². The maximum Gasteiger partial charge on any atom is 0.338 e. The highest BCUT2D eigenvalue weighted by Crippen LogP contribution is 2.38. The summed E-state index contributed by atoms with van der Waals surface area (Å²) in [4.78, 5) is 38.5. The van der Waals surface area contributed by atoms with E-state index in [1.165, 1.54) is 30.6 Å². The lowest BCUT2D eigenvalue weighted by Crippen LogP contribution is -2.53. The first-order chi connectivity index (χ1) is 19.1. The average Bonchev–Trinajstić information content (AvgIpc) is 3.60. The van der Waals surface area contributed by atoms with Gasteiger partial charge in [-0.05, 0) is 19.9 Å². The summed E-state index contributed by atoms with van der Waals surface area (Å²) < 4.78 is 25.8. The first-order valence-electron chi connectivity index (χ1n) is 12.9. The van der Waals surface area contributed by atoms with Crippen molar-refractivity contribution < 1.29 is 28.6 Å². The molecule has 1 aromatic heterocycles. The average molecular weight is 592 g/mol. The van der Waals surface area contributed by atoms with E-state index in [-0.39, 0.29) is 22.7 Å². The molecule has 0 bridgehead atoms. The number of benzene rings is 1. The SMILES string of the molecule is COC(=O)C1=C(CN2CCO[C@H]3CN(CC(C)(C)C(=O)O)C[C@H]32)NC(c2nccs2)=NC1c1cccc(F)c1Cl. The number of morpholine rings is 1. The van der Waals surface area contributed by atoms with E-state index >= 15 is 0 Å². The number of halogens is 2. The van der Waals surface area contributed by atoms with Crippen LogP contribution in [0.15, 0.2) is 46.0 Å². The molecule has 2 N–H and O–H groups in total. The van der Waals surface area contributed by atoms with Gasteiger partial charge in [0.1, 0.15) is 11.9 Å². The van der Waals surface area contributed by atoms with E-state index < -0.39 is 29.2 Å². The van der Waals surface area contributed by atoms with Gasteiger partial charge in [0, 0.05) is 55.6 Å². The highest BCUT2D eigenvalue weighted by Gasteiger charge is 2.44. The fourth-order valence-corrected chi connectivity index (χ4v) is 6.28. The number of ether oxygens (including phenoxy) is 2. The van der Waals surface area contributed by atoms with Crippen LogP contribution in [0.2, 0.25) is 5.02 Å². The summed E-state index contributed by atoms with van der Waals surface area (Å²) in [7, 11) is 1.29. The fraction of sp³-hybridized carbons (Fsp3) is 0.481. The Bertz CT molecular complexity index is 1350. The summed E-state index contributed by atoms with van der Waals surface area (Å²) in [6.45, 7) is 6.48. The number of fused-ring (bicyclic) bond motifs is 1. The minimum absolute atomic E-state index is 0.0232. The number of carbonyl (C=O) groups excluding carboxylic acids is 1. The maximum absolute atomic E-state index is 14.5. The molecular formula is C27H31ClFN5O5S. The van der Waals surface area contributed by atoms with Crippen molar-refractivity contribution in [2.45, 2.75) is 32.0 Å². The first kappa shape index (κ1) is 28.6. The third kappa shape index (κ3) is 5.64. The van der Waals surface area contributed by atoms with E-state index in [4.69, 9.17) is 26.1 Å². The molecule has 4 heterocycles. The Hall–Kier alpha value is -2.90. The van der Waals surface area contributed by atoms with Gasteiger partial charge in [-0.15, -0.1) is 11.3 Å². The van der Waals surface area contributed by atoms with Crippen molar-refractivity contribution in [3.05, 3.63) is 62.5 Å². The molecule has 3 aliphatic heterocycles. The van der Waals surface area contributed by atoms with Gasteiger partial charge in [0.2, 0.25) is 0 Å². The summed E-state index contributed by atoms with van der Waals surface area (Å²) in [5.74, 6) is -1.61. The van der Waals surface area contributed by atoms with Gasteiger partial charge >= 0.3 is 11.9 Å². The molecule has 5 rings (SSSR count). The van der Waals surface area contributed by atoms with Gasteiger partial charge in [-0.25, -0.2) is 14.2 Å². The van der Waals surface area contributed by atoms with Crippen molar-refractivity contribution in [3.63, 3.8) is 0 Å². The molecule has 3 atom stereocenters. The van der Waals surface area contributed by atoms with E-state index in [1.807, 2.05) is 5.38 Å². The molecule has 40 heavy (non-hydrogen) atoms. The van der Waals surface area contributed by atoms with E-state index in [2.05, 4.69) is 20.1 Å². The van der Waals surface area contributed by atoms with Crippen LogP contribution in [0, 0.1) is 11.2 Å². The Kier molecular flexibility index (Phi) is 8.25. The van der Waals surface area contributed by atoms with Gasteiger partial charge < -0.3 is 19.9 Å². The number of hydrogen-bond acceptors (Lipinski definition) is 10. The predicted molar refractivity (Wildman–Crippen MR) is 148 cm³/mol. The number of aromatic nitrogens is 1. The second-order valence-corrected chi connectivity index (χ2v) is 12.0. The molecule has 0 aliphatic carbocycles.